The maximum atomic E-state index is 15.3. The number of aromatic amines is 1. The van der Waals surface area contributed by atoms with Gasteiger partial charge in [0.2, 0.25) is 5.91 Å². The Morgan fingerprint density at radius 3 is 2.84 bits per heavy atom. The monoisotopic (exact) mass is 458 g/mol. The Morgan fingerprint density at radius 2 is 2.12 bits per heavy atom. The number of benzene rings is 1. The second-order valence-corrected chi connectivity index (χ2v) is 8.75. The van der Waals surface area contributed by atoms with Crippen molar-refractivity contribution in [2.24, 2.45) is 11.8 Å². The summed E-state index contributed by atoms with van der Waals surface area (Å²) < 4.78 is 30.0. The van der Waals surface area contributed by atoms with Gasteiger partial charge in [-0.1, -0.05) is 11.6 Å². The van der Waals surface area contributed by atoms with Crippen molar-refractivity contribution in [2.45, 2.75) is 31.5 Å². The number of anilines is 1. The second-order valence-electron chi connectivity index (χ2n) is 8.37. The Balaban J connectivity index is 1.42. The van der Waals surface area contributed by atoms with Gasteiger partial charge in [-0.2, -0.15) is 5.10 Å². The number of aromatic nitrogens is 5. The van der Waals surface area contributed by atoms with Crippen molar-refractivity contribution >= 4 is 39.9 Å². The minimum absolute atomic E-state index is 0.00952. The zero-order chi connectivity index (χ0) is 22.1. The molecule has 32 heavy (non-hydrogen) atoms. The van der Waals surface area contributed by atoms with Gasteiger partial charge >= 0.3 is 0 Å². The highest BCUT2D eigenvalue weighted by molar-refractivity contribution is 6.35. The Bertz CT molecular complexity index is 1400. The molecule has 0 spiro atoms. The number of aliphatic hydroxyl groups is 1. The van der Waals surface area contributed by atoms with E-state index in [2.05, 4.69) is 25.5 Å². The van der Waals surface area contributed by atoms with Crippen LogP contribution >= 0.6 is 11.6 Å². The van der Waals surface area contributed by atoms with Crippen LogP contribution in [0.2, 0.25) is 5.02 Å². The van der Waals surface area contributed by atoms with Gasteiger partial charge in [-0.05, 0) is 25.2 Å². The predicted molar refractivity (Wildman–Crippen MR) is 112 cm³/mol. The molecular formula is C21H17ClF2N6O2. The molecule has 164 valence electrons. The second kappa shape index (κ2) is 6.94. The van der Waals surface area contributed by atoms with E-state index in [1.807, 2.05) is 0 Å². The van der Waals surface area contributed by atoms with Crippen LogP contribution in [0.5, 0.6) is 0 Å². The minimum atomic E-state index is -1.10. The molecule has 0 aliphatic heterocycles. The highest BCUT2D eigenvalue weighted by atomic mass is 35.5. The zero-order valence-corrected chi connectivity index (χ0v) is 17.3. The number of imidazole rings is 1. The molecule has 2 fully saturated rings. The molecule has 3 N–H and O–H groups in total. The standard InChI is InChI=1S/C21H17ClF2N6O2/c22-17-15(10-4-26-29-19(10)16(18(17)24)20(31)8-1-2-8)12-6-30-7-13(27-14(30)5-25-12)28-21(32)9-3-11(9)23/h4-9,11,20,31H,1-3H2,(H,26,29)(H,28,32). The fraction of sp³-hybridized carbons (Fsp3) is 0.333. The topological polar surface area (TPSA) is 108 Å². The maximum Gasteiger partial charge on any atom is 0.231 e. The summed E-state index contributed by atoms with van der Waals surface area (Å²) in [5.41, 5.74) is 1.64. The van der Waals surface area contributed by atoms with Gasteiger partial charge in [0, 0.05) is 22.7 Å². The Kier molecular flexibility index (Phi) is 4.25. The highest BCUT2D eigenvalue weighted by Crippen LogP contribution is 2.47. The van der Waals surface area contributed by atoms with Crippen molar-refractivity contribution in [1.29, 1.82) is 0 Å². The molecule has 4 aromatic rings. The van der Waals surface area contributed by atoms with Crippen LogP contribution in [0.15, 0.2) is 24.8 Å². The maximum absolute atomic E-state index is 15.3. The third-order valence-corrected chi connectivity index (χ3v) is 6.44. The van der Waals surface area contributed by atoms with E-state index in [9.17, 15) is 14.3 Å². The lowest BCUT2D eigenvalue weighted by molar-refractivity contribution is -0.117. The lowest BCUT2D eigenvalue weighted by atomic mass is 9.97. The quantitative estimate of drug-likeness (QED) is 0.421. The first-order valence-corrected chi connectivity index (χ1v) is 10.6. The number of nitrogens with one attached hydrogen (secondary N) is 2. The molecule has 0 saturated heterocycles. The summed E-state index contributed by atoms with van der Waals surface area (Å²) in [7, 11) is 0. The van der Waals surface area contributed by atoms with Gasteiger partial charge in [0.05, 0.1) is 46.8 Å². The van der Waals surface area contributed by atoms with Crippen molar-refractivity contribution in [2.75, 3.05) is 5.32 Å². The molecule has 2 aliphatic rings. The normalized spacial score (nSPS) is 21.2. The molecule has 1 amide bonds. The summed E-state index contributed by atoms with van der Waals surface area (Å²) in [6, 6.07) is 0. The van der Waals surface area contributed by atoms with Crippen LogP contribution in [0.4, 0.5) is 14.6 Å². The van der Waals surface area contributed by atoms with Gasteiger partial charge in [-0.15, -0.1) is 0 Å². The Labute approximate surface area is 184 Å². The molecule has 3 heterocycles. The van der Waals surface area contributed by atoms with Gasteiger partial charge in [-0.25, -0.2) is 13.8 Å². The number of carbonyl (C=O) groups is 1. The number of amides is 1. The first kappa shape index (κ1) is 19.6. The van der Waals surface area contributed by atoms with Crippen LogP contribution in [0.1, 0.15) is 30.9 Å². The number of H-pyrrole nitrogens is 1. The number of aliphatic hydroxyl groups excluding tert-OH is 1. The van der Waals surface area contributed by atoms with Gasteiger partial charge in [0.15, 0.2) is 11.5 Å². The summed E-state index contributed by atoms with van der Waals surface area (Å²) in [6.07, 6.45) is 5.99. The molecular weight excluding hydrogens is 442 g/mol. The van der Waals surface area contributed by atoms with Crippen molar-refractivity contribution in [3.8, 4) is 11.3 Å². The molecule has 3 unspecified atom stereocenters. The fourth-order valence-corrected chi connectivity index (χ4v) is 4.36. The molecule has 0 radical (unpaired) electrons. The zero-order valence-electron chi connectivity index (χ0n) is 16.5. The van der Waals surface area contributed by atoms with E-state index in [0.717, 1.165) is 12.8 Å². The van der Waals surface area contributed by atoms with Crippen LogP contribution < -0.4 is 5.32 Å². The van der Waals surface area contributed by atoms with Crippen LogP contribution in [-0.2, 0) is 4.79 Å². The van der Waals surface area contributed by atoms with E-state index in [4.69, 9.17) is 11.6 Å². The number of carbonyl (C=O) groups excluding carboxylic acids is 1. The lowest BCUT2D eigenvalue weighted by Crippen LogP contribution is -2.15. The van der Waals surface area contributed by atoms with Gasteiger partial charge in [0.1, 0.15) is 12.0 Å². The van der Waals surface area contributed by atoms with E-state index >= 15 is 4.39 Å². The molecule has 2 aliphatic carbocycles. The van der Waals surface area contributed by atoms with Gasteiger partial charge in [-0.3, -0.25) is 14.9 Å². The molecule has 0 bridgehead atoms. The van der Waals surface area contributed by atoms with E-state index in [1.165, 1.54) is 12.4 Å². The van der Waals surface area contributed by atoms with Crippen LogP contribution in [0, 0.1) is 17.7 Å². The number of halogens is 3. The highest BCUT2D eigenvalue weighted by Gasteiger charge is 2.43. The molecule has 2 saturated carbocycles. The summed E-state index contributed by atoms with van der Waals surface area (Å²) in [5.74, 6) is -1.47. The lowest BCUT2D eigenvalue weighted by Gasteiger charge is -2.16. The first-order valence-electron chi connectivity index (χ1n) is 10.2. The number of alkyl halides is 1. The van der Waals surface area contributed by atoms with Crippen LogP contribution in [0.25, 0.3) is 27.8 Å². The molecule has 3 aromatic heterocycles. The number of nitrogens with zero attached hydrogens (tertiary/aromatic N) is 4. The largest absolute Gasteiger partial charge is 0.388 e. The van der Waals surface area contributed by atoms with E-state index in [0.29, 0.717) is 27.8 Å². The van der Waals surface area contributed by atoms with E-state index in [1.54, 1.807) is 16.8 Å². The van der Waals surface area contributed by atoms with Crippen molar-refractivity contribution in [3.05, 3.63) is 41.2 Å². The fourth-order valence-electron chi connectivity index (χ4n) is 4.06. The number of hydrogen-bond donors (Lipinski definition) is 3. The number of rotatable bonds is 5. The van der Waals surface area contributed by atoms with Crippen molar-refractivity contribution < 1.29 is 18.7 Å². The summed E-state index contributed by atoms with van der Waals surface area (Å²) >= 11 is 6.43. The smallest absolute Gasteiger partial charge is 0.231 e. The summed E-state index contributed by atoms with van der Waals surface area (Å²) in [5, 5.41) is 20.4. The van der Waals surface area contributed by atoms with E-state index < -0.39 is 29.9 Å². The average Bonchev–Trinajstić information content (AvgIpc) is 3.66. The van der Waals surface area contributed by atoms with Gasteiger partial charge < -0.3 is 14.8 Å². The minimum Gasteiger partial charge on any atom is -0.388 e. The Hall–Kier alpha value is -3.11. The third-order valence-electron chi connectivity index (χ3n) is 6.09. The molecule has 6 rings (SSSR count). The SMILES string of the molecule is O=C(Nc1cn2cc(-c3c(Cl)c(F)c(C(O)C4CC4)c4[nH]ncc34)ncc2n1)C1CC1F. The molecule has 1 aromatic carbocycles. The van der Waals surface area contributed by atoms with Gasteiger partial charge in [0.25, 0.3) is 0 Å². The molecule has 3 atom stereocenters. The third kappa shape index (κ3) is 3.05. The first-order chi connectivity index (χ1) is 15.4. The predicted octanol–water partition coefficient (Wildman–Crippen LogP) is 3.81. The number of hydrogen-bond acceptors (Lipinski definition) is 5. The molecule has 11 heteroatoms. The van der Waals surface area contributed by atoms with Crippen LogP contribution in [0.3, 0.4) is 0 Å². The number of fused-ring (bicyclic) bond motifs is 2. The summed E-state index contributed by atoms with van der Waals surface area (Å²) in [6.45, 7) is 0. The average molecular weight is 459 g/mol. The van der Waals surface area contributed by atoms with Crippen LogP contribution in [-0.4, -0.2) is 41.8 Å². The van der Waals surface area contributed by atoms with Crippen molar-refractivity contribution in [3.63, 3.8) is 0 Å². The van der Waals surface area contributed by atoms with E-state index in [-0.39, 0.29) is 28.7 Å². The Morgan fingerprint density at radius 1 is 1.34 bits per heavy atom. The van der Waals surface area contributed by atoms with Crippen molar-refractivity contribution in [1.82, 2.24) is 24.6 Å². The molecule has 8 nitrogen and oxygen atoms in total. The summed E-state index contributed by atoms with van der Waals surface area (Å²) in [4.78, 5) is 20.6.